The third-order valence-corrected chi connectivity index (χ3v) is 4.04. The molecule has 1 atom stereocenters. The second-order valence-electron chi connectivity index (χ2n) is 5.41. The topological polar surface area (TPSA) is 37.4 Å². The number of hydrogen-bond acceptors (Lipinski definition) is 4. The first-order valence-corrected chi connectivity index (χ1v) is 7.77. The number of hydrogen-bond donors (Lipinski definition) is 1. The van der Waals surface area contributed by atoms with Gasteiger partial charge in [0.05, 0.1) is 6.61 Å². The molecule has 1 aliphatic rings. The summed E-state index contributed by atoms with van der Waals surface area (Å²) in [6, 6.07) is 4.86. The molecule has 1 unspecified atom stereocenters. The van der Waals surface area contributed by atoms with E-state index in [1.807, 2.05) is 12.3 Å². The van der Waals surface area contributed by atoms with Gasteiger partial charge in [-0.1, -0.05) is 13.0 Å². The lowest BCUT2D eigenvalue weighted by Crippen LogP contribution is -2.40. The standard InChI is InChI=1S/C16H27N3O/c1-3-15-8-4-5-11-19(15)16-14(7-6-9-18-16)13-17-10-12-20-2/h6-7,9,15,17H,3-5,8,10-13H2,1-2H3. The molecule has 0 aromatic carbocycles. The first-order valence-electron chi connectivity index (χ1n) is 7.77. The van der Waals surface area contributed by atoms with Gasteiger partial charge in [0.25, 0.3) is 0 Å². The summed E-state index contributed by atoms with van der Waals surface area (Å²) in [4.78, 5) is 7.16. The fraction of sp³-hybridized carbons (Fsp3) is 0.688. The number of piperidine rings is 1. The first kappa shape index (κ1) is 15.3. The van der Waals surface area contributed by atoms with Crippen molar-refractivity contribution in [2.75, 3.05) is 31.7 Å². The van der Waals surface area contributed by atoms with Crippen molar-refractivity contribution in [2.45, 2.75) is 45.2 Å². The highest BCUT2D eigenvalue weighted by molar-refractivity contribution is 5.48. The van der Waals surface area contributed by atoms with Crippen LogP contribution in [0.4, 0.5) is 5.82 Å². The van der Waals surface area contributed by atoms with Crippen LogP contribution in [0.15, 0.2) is 18.3 Å². The largest absolute Gasteiger partial charge is 0.383 e. The van der Waals surface area contributed by atoms with E-state index in [-0.39, 0.29) is 0 Å². The fourth-order valence-corrected chi connectivity index (χ4v) is 2.93. The predicted molar refractivity (Wildman–Crippen MR) is 83.1 cm³/mol. The van der Waals surface area contributed by atoms with Crippen LogP contribution in [0, 0.1) is 0 Å². The Morgan fingerprint density at radius 3 is 3.15 bits per heavy atom. The van der Waals surface area contributed by atoms with Crippen LogP contribution in [-0.4, -0.2) is 37.8 Å². The Labute approximate surface area is 122 Å². The van der Waals surface area contributed by atoms with Gasteiger partial charge in [0.2, 0.25) is 0 Å². The van der Waals surface area contributed by atoms with Crippen molar-refractivity contribution in [1.29, 1.82) is 0 Å². The summed E-state index contributed by atoms with van der Waals surface area (Å²) in [5.74, 6) is 1.17. The Morgan fingerprint density at radius 1 is 1.45 bits per heavy atom. The quantitative estimate of drug-likeness (QED) is 0.777. The molecule has 2 heterocycles. The average Bonchev–Trinajstić information content (AvgIpc) is 2.52. The van der Waals surface area contributed by atoms with Crippen LogP contribution < -0.4 is 10.2 Å². The number of nitrogens with one attached hydrogen (secondary N) is 1. The van der Waals surface area contributed by atoms with Gasteiger partial charge in [-0.3, -0.25) is 0 Å². The Balaban J connectivity index is 2.05. The summed E-state index contributed by atoms with van der Waals surface area (Å²) >= 11 is 0. The molecule has 4 nitrogen and oxygen atoms in total. The number of rotatable bonds is 7. The summed E-state index contributed by atoms with van der Waals surface area (Å²) in [5.41, 5.74) is 1.30. The van der Waals surface area contributed by atoms with Crippen molar-refractivity contribution >= 4 is 5.82 Å². The summed E-state index contributed by atoms with van der Waals surface area (Å²) in [7, 11) is 1.73. The second-order valence-corrected chi connectivity index (χ2v) is 5.41. The molecule has 2 rings (SSSR count). The first-order chi connectivity index (χ1) is 9.86. The van der Waals surface area contributed by atoms with Crippen LogP contribution in [0.25, 0.3) is 0 Å². The van der Waals surface area contributed by atoms with Crippen LogP contribution in [-0.2, 0) is 11.3 Å². The Bertz CT molecular complexity index is 397. The van der Waals surface area contributed by atoms with Crippen molar-refractivity contribution in [2.24, 2.45) is 0 Å². The Hall–Kier alpha value is -1.13. The number of anilines is 1. The summed E-state index contributed by atoms with van der Waals surface area (Å²) in [6.07, 6.45) is 7.04. The molecule has 1 aromatic heterocycles. The highest BCUT2D eigenvalue weighted by atomic mass is 16.5. The lowest BCUT2D eigenvalue weighted by Gasteiger charge is -2.37. The molecule has 112 valence electrons. The van der Waals surface area contributed by atoms with E-state index in [0.29, 0.717) is 6.04 Å². The van der Waals surface area contributed by atoms with E-state index in [0.717, 1.165) is 26.2 Å². The van der Waals surface area contributed by atoms with Gasteiger partial charge >= 0.3 is 0 Å². The zero-order chi connectivity index (χ0) is 14.2. The summed E-state index contributed by atoms with van der Waals surface area (Å²) in [6.45, 7) is 5.90. The SMILES string of the molecule is CCC1CCCCN1c1ncccc1CNCCOC. The van der Waals surface area contributed by atoms with Gasteiger partial charge < -0.3 is 15.0 Å². The van der Waals surface area contributed by atoms with Crippen LogP contribution in [0.5, 0.6) is 0 Å². The molecule has 20 heavy (non-hydrogen) atoms. The van der Waals surface area contributed by atoms with Crippen LogP contribution in [0.2, 0.25) is 0 Å². The Morgan fingerprint density at radius 2 is 2.35 bits per heavy atom. The number of pyridine rings is 1. The molecular weight excluding hydrogens is 250 g/mol. The van der Waals surface area contributed by atoms with E-state index < -0.39 is 0 Å². The molecule has 1 aromatic rings. The zero-order valence-corrected chi connectivity index (χ0v) is 12.8. The van der Waals surface area contributed by atoms with Gasteiger partial charge in [-0.05, 0) is 31.7 Å². The normalized spacial score (nSPS) is 19.3. The van der Waals surface area contributed by atoms with Crippen LogP contribution in [0.1, 0.15) is 38.2 Å². The van der Waals surface area contributed by atoms with E-state index in [2.05, 4.69) is 28.2 Å². The van der Waals surface area contributed by atoms with Gasteiger partial charge in [-0.25, -0.2) is 4.98 Å². The van der Waals surface area contributed by atoms with Crippen molar-refractivity contribution in [3.05, 3.63) is 23.9 Å². The smallest absolute Gasteiger partial charge is 0.133 e. The van der Waals surface area contributed by atoms with Crippen molar-refractivity contribution in [3.63, 3.8) is 0 Å². The zero-order valence-electron chi connectivity index (χ0n) is 12.8. The third-order valence-electron chi connectivity index (χ3n) is 4.04. The molecule has 1 N–H and O–H groups in total. The predicted octanol–water partition coefficient (Wildman–Crippen LogP) is 2.59. The average molecular weight is 277 g/mol. The molecular formula is C16H27N3O. The second kappa shape index (κ2) is 8.22. The molecule has 0 aliphatic carbocycles. The van der Waals surface area contributed by atoms with Crippen LogP contribution >= 0.6 is 0 Å². The maximum Gasteiger partial charge on any atom is 0.133 e. The van der Waals surface area contributed by atoms with Gasteiger partial charge in [0, 0.05) is 44.5 Å². The van der Waals surface area contributed by atoms with Gasteiger partial charge in [0.15, 0.2) is 0 Å². The van der Waals surface area contributed by atoms with Crippen LogP contribution in [0.3, 0.4) is 0 Å². The minimum atomic E-state index is 0.649. The lowest BCUT2D eigenvalue weighted by atomic mass is 9.99. The summed E-state index contributed by atoms with van der Waals surface area (Å²) < 4.78 is 5.07. The van der Waals surface area contributed by atoms with Gasteiger partial charge in [-0.15, -0.1) is 0 Å². The van der Waals surface area contributed by atoms with Gasteiger partial charge in [-0.2, -0.15) is 0 Å². The number of aromatic nitrogens is 1. The minimum Gasteiger partial charge on any atom is -0.383 e. The fourth-order valence-electron chi connectivity index (χ4n) is 2.93. The molecule has 1 saturated heterocycles. The molecule has 0 saturated carbocycles. The number of ether oxygens (including phenoxy) is 1. The maximum atomic E-state index is 5.07. The molecule has 0 spiro atoms. The minimum absolute atomic E-state index is 0.649. The van der Waals surface area contributed by atoms with Crippen molar-refractivity contribution in [1.82, 2.24) is 10.3 Å². The van der Waals surface area contributed by atoms with Gasteiger partial charge in [0.1, 0.15) is 5.82 Å². The third kappa shape index (κ3) is 3.93. The number of nitrogens with zero attached hydrogens (tertiary/aromatic N) is 2. The highest BCUT2D eigenvalue weighted by Crippen LogP contribution is 2.27. The lowest BCUT2D eigenvalue weighted by molar-refractivity contribution is 0.199. The highest BCUT2D eigenvalue weighted by Gasteiger charge is 2.23. The molecule has 0 bridgehead atoms. The maximum absolute atomic E-state index is 5.07. The van der Waals surface area contributed by atoms with E-state index in [9.17, 15) is 0 Å². The molecule has 1 fully saturated rings. The number of methoxy groups -OCH3 is 1. The molecule has 1 aliphatic heterocycles. The monoisotopic (exact) mass is 277 g/mol. The van der Waals surface area contributed by atoms with Crippen molar-refractivity contribution < 1.29 is 4.74 Å². The van der Waals surface area contributed by atoms with E-state index in [1.165, 1.54) is 37.1 Å². The molecule has 4 heteroatoms. The van der Waals surface area contributed by atoms with E-state index in [1.54, 1.807) is 7.11 Å². The van der Waals surface area contributed by atoms with E-state index in [4.69, 9.17) is 4.74 Å². The van der Waals surface area contributed by atoms with Crippen molar-refractivity contribution in [3.8, 4) is 0 Å². The Kier molecular flexibility index (Phi) is 6.27. The summed E-state index contributed by atoms with van der Waals surface area (Å²) in [5, 5.41) is 3.42. The van der Waals surface area contributed by atoms with E-state index >= 15 is 0 Å². The molecule has 0 radical (unpaired) electrons. The molecule has 0 amide bonds.